The van der Waals surface area contributed by atoms with Crippen LogP contribution in [0, 0.1) is 17.0 Å². The summed E-state index contributed by atoms with van der Waals surface area (Å²) in [6, 6.07) is 6.08. The topological polar surface area (TPSA) is 104 Å². The van der Waals surface area contributed by atoms with Crippen molar-refractivity contribution in [2.24, 2.45) is 0 Å². The Morgan fingerprint density at radius 2 is 2.11 bits per heavy atom. The first-order valence-electron chi connectivity index (χ1n) is 5.19. The highest BCUT2D eigenvalue weighted by atomic mass is 79.9. The lowest BCUT2D eigenvalue weighted by molar-refractivity contribution is -0.385. The van der Waals surface area contributed by atoms with Crippen LogP contribution in [0.3, 0.4) is 0 Å². The van der Waals surface area contributed by atoms with Gasteiger partial charge in [0.1, 0.15) is 5.82 Å². The smallest absolute Gasteiger partial charge is 0.313 e. The number of ether oxygens (including phenoxy) is 1. The molecule has 0 spiro atoms. The van der Waals surface area contributed by atoms with Gasteiger partial charge in [0.05, 0.1) is 4.92 Å². The molecule has 1 aromatic heterocycles. The number of nitro groups is 1. The fourth-order valence-corrected chi connectivity index (χ4v) is 2.03. The molecule has 0 atom stereocenters. The number of nitro benzene ring substituents is 1. The van der Waals surface area contributed by atoms with Gasteiger partial charge in [-0.25, -0.2) is 0 Å². The zero-order chi connectivity index (χ0) is 14.0. The van der Waals surface area contributed by atoms with E-state index in [2.05, 4.69) is 26.1 Å². The van der Waals surface area contributed by atoms with E-state index in [-0.39, 0.29) is 23.1 Å². The minimum atomic E-state index is -0.516. The molecule has 0 aliphatic heterocycles. The summed E-state index contributed by atoms with van der Waals surface area (Å²) in [6.45, 7) is 1.71. The summed E-state index contributed by atoms with van der Waals surface area (Å²) in [5.74, 6) is 0.518. The van der Waals surface area contributed by atoms with E-state index in [0.717, 1.165) is 0 Å². The molecular formula is C11H9BrN4O3. The number of aryl methyl sites for hydroxylation is 1. The van der Waals surface area contributed by atoms with Gasteiger partial charge in [-0.2, -0.15) is 0 Å². The molecule has 2 rings (SSSR count). The van der Waals surface area contributed by atoms with Crippen molar-refractivity contribution >= 4 is 27.4 Å². The average molecular weight is 325 g/mol. The monoisotopic (exact) mass is 324 g/mol. The van der Waals surface area contributed by atoms with Crippen LogP contribution in [0.2, 0.25) is 0 Å². The number of hydrogen-bond donors (Lipinski definition) is 1. The van der Waals surface area contributed by atoms with Crippen LogP contribution in [0.25, 0.3) is 0 Å². The van der Waals surface area contributed by atoms with Crippen LogP contribution in [-0.2, 0) is 0 Å². The first-order valence-corrected chi connectivity index (χ1v) is 5.98. The number of rotatable bonds is 3. The molecule has 0 saturated carbocycles. The number of nitrogens with two attached hydrogens (primary N) is 1. The molecule has 0 saturated heterocycles. The summed E-state index contributed by atoms with van der Waals surface area (Å²) in [4.78, 5) is 10.5. The third kappa shape index (κ3) is 2.97. The minimum Gasteiger partial charge on any atom is -0.430 e. The van der Waals surface area contributed by atoms with Gasteiger partial charge in [0.25, 0.3) is 0 Å². The van der Waals surface area contributed by atoms with E-state index in [1.54, 1.807) is 13.0 Å². The normalized spacial score (nSPS) is 10.2. The van der Waals surface area contributed by atoms with Crippen LogP contribution in [0.1, 0.15) is 5.56 Å². The molecule has 19 heavy (non-hydrogen) atoms. The van der Waals surface area contributed by atoms with E-state index < -0.39 is 4.92 Å². The van der Waals surface area contributed by atoms with Gasteiger partial charge in [0, 0.05) is 22.2 Å². The van der Waals surface area contributed by atoms with Crippen LogP contribution in [0.5, 0.6) is 11.6 Å². The van der Waals surface area contributed by atoms with Crippen LogP contribution >= 0.6 is 15.9 Å². The van der Waals surface area contributed by atoms with Crippen LogP contribution < -0.4 is 10.5 Å². The zero-order valence-corrected chi connectivity index (χ0v) is 11.4. The van der Waals surface area contributed by atoms with Crippen molar-refractivity contribution in [1.82, 2.24) is 10.2 Å². The van der Waals surface area contributed by atoms with Gasteiger partial charge in [-0.3, -0.25) is 10.1 Å². The van der Waals surface area contributed by atoms with E-state index in [1.807, 2.05) is 0 Å². The van der Waals surface area contributed by atoms with E-state index in [9.17, 15) is 10.1 Å². The van der Waals surface area contributed by atoms with E-state index in [0.29, 0.717) is 10.0 Å². The molecule has 0 radical (unpaired) electrons. The van der Waals surface area contributed by atoms with Crippen molar-refractivity contribution in [3.8, 4) is 11.6 Å². The second-order valence-corrected chi connectivity index (χ2v) is 4.64. The summed E-state index contributed by atoms with van der Waals surface area (Å²) >= 11 is 3.21. The Kier molecular flexibility index (Phi) is 3.61. The molecule has 8 heteroatoms. The Balaban J connectivity index is 2.44. The summed E-state index contributed by atoms with van der Waals surface area (Å²) < 4.78 is 6.02. The number of anilines is 1. The number of aromatic nitrogens is 2. The number of halogens is 1. The lowest BCUT2D eigenvalue weighted by atomic mass is 10.2. The highest BCUT2D eigenvalue weighted by Gasteiger charge is 2.20. The first-order chi connectivity index (χ1) is 8.97. The van der Waals surface area contributed by atoms with E-state index >= 15 is 0 Å². The predicted molar refractivity (Wildman–Crippen MR) is 72.1 cm³/mol. The van der Waals surface area contributed by atoms with Crippen molar-refractivity contribution in [2.75, 3.05) is 5.73 Å². The van der Waals surface area contributed by atoms with Gasteiger partial charge in [-0.05, 0) is 19.1 Å². The number of hydrogen-bond acceptors (Lipinski definition) is 6. The van der Waals surface area contributed by atoms with Crippen molar-refractivity contribution in [2.45, 2.75) is 6.92 Å². The molecule has 0 aliphatic carbocycles. The summed E-state index contributed by atoms with van der Waals surface area (Å²) in [5.41, 5.74) is 5.87. The fourth-order valence-electron chi connectivity index (χ4n) is 1.47. The molecule has 1 aromatic carbocycles. The Morgan fingerprint density at radius 3 is 2.68 bits per heavy atom. The average Bonchev–Trinajstić information content (AvgIpc) is 2.34. The van der Waals surface area contributed by atoms with Crippen LogP contribution in [-0.4, -0.2) is 15.1 Å². The molecule has 0 amide bonds. The maximum atomic E-state index is 11.0. The minimum absolute atomic E-state index is 0.132. The highest BCUT2D eigenvalue weighted by molar-refractivity contribution is 9.10. The van der Waals surface area contributed by atoms with E-state index in [1.165, 1.54) is 18.2 Å². The Labute approximate surface area is 116 Å². The molecule has 98 valence electrons. The summed E-state index contributed by atoms with van der Waals surface area (Å²) in [7, 11) is 0. The Morgan fingerprint density at radius 1 is 1.37 bits per heavy atom. The SMILES string of the molecule is Cc1cc(Br)cc([N+](=O)[O-])c1Oc1ccc(N)nn1. The van der Waals surface area contributed by atoms with Crippen LogP contribution in [0.4, 0.5) is 11.5 Å². The highest BCUT2D eigenvalue weighted by Crippen LogP contribution is 2.36. The van der Waals surface area contributed by atoms with Gasteiger partial charge in [-0.15, -0.1) is 10.2 Å². The summed E-state index contributed by atoms with van der Waals surface area (Å²) in [6.07, 6.45) is 0. The van der Waals surface area contributed by atoms with Gasteiger partial charge in [0.15, 0.2) is 0 Å². The lowest BCUT2D eigenvalue weighted by Gasteiger charge is -2.08. The number of benzene rings is 1. The lowest BCUT2D eigenvalue weighted by Crippen LogP contribution is -1.99. The standard InChI is InChI=1S/C11H9BrN4O3/c1-6-4-7(12)5-8(16(17)18)11(6)19-10-3-2-9(13)14-15-10/h2-5H,1H3,(H2,13,14). The third-order valence-corrected chi connectivity index (χ3v) is 2.74. The van der Waals surface area contributed by atoms with Gasteiger partial charge >= 0.3 is 5.69 Å². The molecule has 0 aliphatic rings. The van der Waals surface area contributed by atoms with Crippen molar-refractivity contribution in [3.05, 3.63) is 44.4 Å². The van der Waals surface area contributed by atoms with Crippen molar-refractivity contribution in [3.63, 3.8) is 0 Å². The number of nitrogens with zero attached hydrogens (tertiary/aromatic N) is 3. The fraction of sp³-hybridized carbons (Fsp3) is 0.0909. The van der Waals surface area contributed by atoms with E-state index in [4.69, 9.17) is 10.5 Å². The largest absolute Gasteiger partial charge is 0.430 e. The Bertz CT molecular complexity index is 631. The molecule has 0 unspecified atom stereocenters. The molecule has 2 N–H and O–H groups in total. The third-order valence-electron chi connectivity index (χ3n) is 2.28. The second kappa shape index (κ2) is 5.19. The van der Waals surface area contributed by atoms with Gasteiger partial charge < -0.3 is 10.5 Å². The Hall–Kier alpha value is -2.22. The van der Waals surface area contributed by atoms with Gasteiger partial charge in [-0.1, -0.05) is 15.9 Å². The quantitative estimate of drug-likeness (QED) is 0.687. The van der Waals surface area contributed by atoms with Crippen LogP contribution in [0.15, 0.2) is 28.7 Å². The molecule has 2 aromatic rings. The van der Waals surface area contributed by atoms with Gasteiger partial charge in [0.2, 0.25) is 11.6 Å². The molecule has 1 heterocycles. The molecular weight excluding hydrogens is 316 g/mol. The molecule has 7 nitrogen and oxygen atoms in total. The number of nitrogen functional groups attached to an aromatic ring is 1. The predicted octanol–water partition coefficient (Wildman–Crippen LogP) is 2.83. The summed E-state index contributed by atoms with van der Waals surface area (Å²) in [5, 5.41) is 18.3. The maximum Gasteiger partial charge on any atom is 0.313 e. The zero-order valence-electron chi connectivity index (χ0n) is 9.83. The van der Waals surface area contributed by atoms with Crippen molar-refractivity contribution < 1.29 is 9.66 Å². The molecule has 0 bridgehead atoms. The molecule has 0 fully saturated rings. The maximum absolute atomic E-state index is 11.0. The first kappa shape index (κ1) is 13.2. The van der Waals surface area contributed by atoms with Crippen molar-refractivity contribution in [1.29, 1.82) is 0 Å². The second-order valence-electron chi connectivity index (χ2n) is 3.73.